The molecule has 1 heterocycles. The lowest BCUT2D eigenvalue weighted by atomic mass is 10.2. The van der Waals surface area contributed by atoms with Gasteiger partial charge in [0.2, 0.25) is 5.91 Å². The van der Waals surface area contributed by atoms with Crippen LogP contribution in [0.4, 0.5) is 5.13 Å². The van der Waals surface area contributed by atoms with E-state index >= 15 is 0 Å². The standard InChI is InChI=1S/C10H16N2OS/c1-4-6-9-8(5-2)12-10(14-9)11-7(3)13/h4-6H2,1-3H3,(H,11,12,13). The predicted octanol–water partition coefficient (Wildman–Crippen LogP) is 2.62. The smallest absolute Gasteiger partial charge is 0.223 e. The first kappa shape index (κ1) is 11.2. The summed E-state index contributed by atoms with van der Waals surface area (Å²) < 4.78 is 0. The molecule has 3 nitrogen and oxygen atoms in total. The van der Waals surface area contributed by atoms with Crippen molar-refractivity contribution in [3.63, 3.8) is 0 Å². The molecule has 0 aliphatic rings. The molecular formula is C10H16N2OS. The van der Waals surface area contributed by atoms with Crippen molar-refractivity contribution in [2.75, 3.05) is 5.32 Å². The summed E-state index contributed by atoms with van der Waals surface area (Å²) in [5.74, 6) is -0.0514. The maximum atomic E-state index is 10.8. The van der Waals surface area contributed by atoms with E-state index < -0.39 is 0 Å². The molecule has 0 fully saturated rings. The van der Waals surface area contributed by atoms with Gasteiger partial charge in [0.25, 0.3) is 0 Å². The fourth-order valence-electron chi connectivity index (χ4n) is 1.29. The number of aryl methyl sites for hydroxylation is 2. The molecule has 78 valence electrons. The molecule has 0 radical (unpaired) electrons. The molecule has 1 rings (SSSR count). The number of amides is 1. The lowest BCUT2D eigenvalue weighted by Crippen LogP contribution is -2.05. The van der Waals surface area contributed by atoms with Gasteiger partial charge >= 0.3 is 0 Å². The van der Waals surface area contributed by atoms with E-state index in [1.165, 1.54) is 11.8 Å². The van der Waals surface area contributed by atoms with Gasteiger partial charge < -0.3 is 5.32 Å². The van der Waals surface area contributed by atoms with Crippen molar-refractivity contribution in [3.8, 4) is 0 Å². The summed E-state index contributed by atoms with van der Waals surface area (Å²) in [6.45, 7) is 5.75. The number of carbonyl (C=O) groups is 1. The number of hydrogen-bond donors (Lipinski definition) is 1. The average Bonchev–Trinajstić information content (AvgIpc) is 2.47. The lowest BCUT2D eigenvalue weighted by molar-refractivity contribution is -0.114. The maximum absolute atomic E-state index is 10.8. The van der Waals surface area contributed by atoms with E-state index in [0.717, 1.165) is 30.1 Å². The fraction of sp³-hybridized carbons (Fsp3) is 0.600. The molecule has 1 N–H and O–H groups in total. The zero-order chi connectivity index (χ0) is 10.6. The Labute approximate surface area is 88.6 Å². The van der Waals surface area contributed by atoms with Crippen molar-refractivity contribution >= 4 is 22.4 Å². The van der Waals surface area contributed by atoms with Crippen molar-refractivity contribution in [1.29, 1.82) is 0 Å². The summed E-state index contributed by atoms with van der Waals surface area (Å²) >= 11 is 1.59. The molecule has 0 saturated carbocycles. The van der Waals surface area contributed by atoms with E-state index in [1.807, 2.05) is 0 Å². The number of anilines is 1. The second-order valence-corrected chi connectivity index (χ2v) is 4.26. The van der Waals surface area contributed by atoms with Gasteiger partial charge in [0.15, 0.2) is 5.13 Å². The fourth-order valence-corrected chi connectivity index (χ4v) is 2.48. The van der Waals surface area contributed by atoms with Crippen LogP contribution >= 0.6 is 11.3 Å². The Hall–Kier alpha value is -0.900. The van der Waals surface area contributed by atoms with Crippen LogP contribution in [0, 0.1) is 0 Å². The van der Waals surface area contributed by atoms with Gasteiger partial charge in [-0.15, -0.1) is 11.3 Å². The summed E-state index contributed by atoms with van der Waals surface area (Å²) in [7, 11) is 0. The molecule has 0 aromatic carbocycles. The van der Waals surface area contributed by atoms with Gasteiger partial charge in [0.1, 0.15) is 0 Å². The van der Waals surface area contributed by atoms with Crippen LogP contribution in [0.2, 0.25) is 0 Å². The number of aromatic nitrogens is 1. The Balaban J connectivity index is 2.82. The van der Waals surface area contributed by atoms with Crippen LogP contribution in [0.5, 0.6) is 0 Å². The zero-order valence-electron chi connectivity index (χ0n) is 8.89. The lowest BCUT2D eigenvalue weighted by Gasteiger charge is -1.93. The minimum absolute atomic E-state index is 0.0514. The molecule has 0 unspecified atom stereocenters. The van der Waals surface area contributed by atoms with Gasteiger partial charge in [-0.05, 0) is 12.8 Å². The Morgan fingerprint density at radius 2 is 2.21 bits per heavy atom. The molecule has 0 aliphatic carbocycles. The van der Waals surface area contributed by atoms with Crippen LogP contribution in [0.25, 0.3) is 0 Å². The summed E-state index contributed by atoms with van der Waals surface area (Å²) in [4.78, 5) is 16.5. The SMILES string of the molecule is CCCc1sc(NC(C)=O)nc1CC. The first-order chi connectivity index (χ1) is 6.67. The molecule has 1 amide bonds. The Kier molecular flexibility index (Phi) is 4.07. The Bertz CT molecular complexity index is 320. The summed E-state index contributed by atoms with van der Waals surface area (Å²) in [5, 5.41) is 3.46. The highest BCUT2D eigenvalue weighted by atomic mass is 32.1. The largest absolute Gasteiger partial charge is 0.302 e. The van der Waals surface area contributed by atoms with Gasteiger partial charge in [-0.3, -0.25) is 4.79 Å². The van der Waals surface area contributed by atoms with E-state index in [-0.39, 0.29) is 5.91 Å². The average molecular weight is 212 g/mol. The van der Waals surface area contributed by atoms with Gasteiger partial charge in [-0.2, -0.15) is 0 Å². The summed E-state index contributed by atoms with van der Waals surface area (Å²) in [5.41, 5.74) is 1.13. The second kappa shape index (κ2) is 5.10. The molecule has 0 spiro atoms. The number of rotatable bonds is 4. The number of nitrogens with one attached hydrogen (secondary N) is 1. The molecule has 0 aliphatic heterocycles. The molecule has 0 bridgehead atoms. The Morgan fingerprint density at radius 1 is 1.50 bits per heavy atom. The molecule has 14 heavy (non-hydrogen) atoms. The number of nitrogens with zero attached hydrogens (tertiary/aromatic N) is 1. The van der Waals surface area contributed by atoms with Crippen LogP contribution < -0.4 is 5.32 Å². The van der Waals surface area contributed by atoms with Gasteiger partial charge in [-0.1, -0.05) is 20.3 Å². The third-order valence-corrected chi connectivity index (χ3v) is 2.95. The van der Waals surface area contributed by atoms with E-state index in [9.17, 15) is 4.79 Å². The first-order valence-corrected chi connectivity index (χ1v) is 5.75. The van der Waals surface area contributed by atoms with E-state index in [0.29, 0.717) is 0 Å². The van der Waals surface area contributed by atoms with Crippen molar-refractivity contribution in [3.05, 3.63) is 10.6 Å². The number of thiazole rings is 1. The molecule has 4 heteroatoms. The van der Waals surface area contributed by atoms with Crippen molar-refractivity contribution in [1.82, 2.24) is 4.98 Å². The number of carbonyl (C=O) groups excluding carboxylic acids is 1. The molecular weight excluding hydrogens is 196 g/mol. The quantitative estimate of drug-likeness (QED) is 0.833. The van der Waals surface area contributed by atoms with Crippen molar-refractivity contribution < 1.29 is 4.79 Å². The Morgan fingerprint density at radius 3 is 2.71 bits per heavy atom. The third kappa shape index (κ3) is 2.80. The topological polar surface area (TPSA) is 42.0 Å². The van der Waals surface area contributed by atoms with Gasteiger partial charge in [0, 0.05) is 11.8 Å². The van der Waals surface area contributed by atoms with E-state index in [4.69, 9.17) is 0 Å². The van der Waals surface area contributed by atoms with E-state index in [1.54, 1.807) is 11.3 Å². The van der Waals surface area contributed by atoms with E-state index in [2.05, 4.69) is 24.1 Å². The van der Waals surface area contributed by atoms with Gasteiger partial charge in [-0.25, -0.2) is 4.98 Å². The minimum Gasteiger partial charge on any atom is -0.302 e. The van der Waals surface area contributed by atoms with Crippen LogP contribution in [-0.4, -0.2) is 10.9 Å². The minimum atomic E-state index is -0.0514. The molecule has 0 saturated heterocycles. The highest BCUT2D eigenvalue weighted by Crippen LogP contribution is 2.24. The van der Waals surface area contributed by atoms with Crippen LogP contribution in [0.1, 0.15) is 37.8 Å². The zero-order valence-corrected chi connectivity index (χ0v) is 9.70. The maximum Gasteiger partial charge on any atom is 0.223 e. The van der Waals surface area contributed by atoms with Gasteiger partial charge in [0.05, 0.1) is 5.69 Å². The highest BCUT2D eigenvalue weighted by Gasteiger charge is 2.09. The van der Waals surface area contributed by atoms with Crippen molar-refractivity contribution in [2.45, 2.75) is 40.0 Å². The van der Waals surface area contributed by atoms with Crippen LogP contribution in [0.15, 0.2) is 0 Å². The molecule has 1 aromatic rings. The number of hydrogen-bond acceptors (Lipinski definition) is 3. The molecule has 1 aromatic heterocycles. The monoisotopic (exact) mass is 212 g/mol. The second-order valence-electron chi connectivity index (χ2n) is 3.17. The van der Waals surface area contributed by atoms with Crippen LogP contribution in [-0.2, 0) is 17.6 Å². The third-order valence-electron chi connectivity index (χ3n) is 1.87. The molecule has 0 atom stereocenters. The normalized spacial score (nSPS) is 10.2. The van der Waals surface area contributed by atoms with Crippen molar-refractivity contribution in [2.24, 2.45) is 0 Å². The van der Waals surface area contributed by atoms with Crippen LogP contribution in [0.3, 0.4) is 0 Å². The predicted molar refractivity (Wildman–Crippen MR) is 59.8 cm³/mol. The summed E-state index contributed by atoms with van der Waals surface area (Å²) in [6, 6.07) is 0. The highest BCUT2D eigenvalue weighted by molar-refractivity contribution is 7.15. The first-order valence-electron chi connectivity index (χ1n) is 4.93. The summed E-state index contributed by atoms with van der Waals surface area (Å²) in [6.07, 6.45) is 3.11.